The van der Waals surface area contributed by atoms with Crippen molar-refractivity contribution in [2.75, 3.05) is 13.1 Å². The van der Waals surface area contributed by atoms with Gasteiger partial charge < -0.3 is 10.8 Å². The summed E-state index contributed by atoms with van der Waals surface area (Å²) in [5.74, 6) is 0. The van der Waals surface area contributed by atoms with Crippen molar-refractivity contribution in [2.24, 2.45) is 5.73 Å². The summed E-state index contributed by atoms with van der Waals surface area (Å²) in [7, 11) is 0. The maximum Gasteiger partial charge on any atom is 0.0774 e. The van der Waals surface area contributed by atoms with Crippen LogP contribution in [0.2, 0.25) is 0 Å². The third kappa shape index (κ3) is 1.69. The van der Waals surface area contributed by atoms with Crippen LogP contribution in [0.1, 0.15) is 39.0 Å². The van der Waals surface area contributed by atoms with Crippen LogP contribution < -0.4 is 5.73 Å². The van der Waals surface area contributed by atoms with Gasteiger partial charge in [0.05, 0.1) is 5.60 Å². The van der Waals surface area contributed by atoms with Gasteiger partial charge in [0, 0.05) is 18.6 Å². The minimum absolute atomic E-state index is 0.360. The Labute approximate surface area is 86.3 Å². The van der Waals surface area contributed by atoms with Gasteiger partial charge in [0.15, 0.2) is 0 Å². The van der Waals surface area contributed by atoms with Gasteiger partial charge in [-0.05, 0) is 45.6 Å². The first-order valence-electron chi connectivity index (χ1n) is 5.83. The van der Waals surface area contributed by atoms with Crippen LogP contribution in [-0.2, 0) is 0 Å². The van der Waals surface area contributed by atoms with E-state index in [2.05, 4.69) is 4.90 Å². The Balaban J connectivity index is 2.06. The predicted molar refractivity (Wildman–Crippen MR) is 57.0 cm³/mol. The Morgan fingerprint density at radius 2 is 2.21 bits per heavy atom. The van der Waals surface area contributed by atoms with Crippen molar-refractivity contribution < 1.29 is 5.11 Å². The zero-order valence-electron chi connectivity index (χ0n) is 9.08. The van der Waals surface area contributed by atoms with Crippen LogP contribution in [-0.4, -0.2) is 40.8 Å². The molecule has 1 aliphatic heterocycles. The fraction of sp³-hybridized carbons (Fsp3) is 1.00. The van der Waals surface area contributed by atoms with E-state index in [1.54, 1.807) is 0 Å². The van der Waals surface area contributed by atoms with E-state index in [4.69, 9.17) is 5.73 Å². The summed E-state index contributed by atoms with van der Waals surface area (Å²) in [6, 6.07) is 0.878. The summed E-state index contributed by atoms with van der Waals surface area (Å²) in [6.07, 6.45) is 5.71. The molecule has 0 aromatic rings. The highest BCUT2D eigenvalue weighted by Crippen LogP contribution is 2.36. The quantitative estimate of drug-likeness (QED) is 0.687. The molecule has 0 radical (unpaired) electrons. The topological polar surface area (TPSA) is 49.5 Å². The second kappa shape index (κ2) is 3.80. The highest BCUT2D eigenvalue weighted by atomic mass is 16.3. The number of likely N-dealkylation sites (tertiary alicyclic amines) is 1. The molecule has 1 heterocycles. The average Bonchev–Trinajstić information content (AvgIpc) is 2.69. The number of rotatable bonds is 2. The molecule has 1 aliphatic carbocycles. The first kappa shape index (κ1) is 10.4. The monoisotopic (exact) mass is 198 g/mol. The van der Waals surface area contributed by atoms with Gasteiger partial charge in [0.25, 0.3) is 0 Å². The van der Waals surface area contributed by atoms with Crippen LogP contribution in [0.25, 0.3) is 0 Å². The van der Waals surface area contributed by atoms with Crippen LogP contribution in [0.15, 0.2) is 0 Å². The van der Waals surface area contributed by atoms with Gasteiger partial charge in [-0.2, -0.15) is 0 Å². The molecule has 82 valence electrons. The van der Waals surface area contributed by atoms with Crippen LogP contribution >= 0.6 is 0 Å². The van der Waals surface area contributed by atoms with Gasteiger partial charge in [-0.1, -0.05) is 0 Å². The van der Waals surface area contributed by atoms with E-state index in [1.807, 2.05) is 6.92 Å². The van der Waals surface area contributed by atoms with Gasteiger partial charge in [-0.25, -0.2) is 0 Å². The second-order valence-electron chi connectivity index (χ2n) is 5.03. The van der Waals surface area contributed by atoms with Crippen LogP contribution in [0.4, 0.5) is 0 Å². The molecule has 3 unspecified atom stereocenters. The van der Waals surface area contributed by atoms with Crippen LogP contribution in [0.5, 0.6) is 0 Å². The first-order chi connectivity index (χ1) is 6.65. The molecular weight excluding hydrogens is 176 g/mol. The van der Waals surface area contributed by atoms with Crippen molar-refractivity contribution in [3.8, 4) is 0 Å². The Morgan fingerprint density at radius 3 is 2.79 bits per heavy atom. The lowest BCUT2D eigenvalue weighted by molar-refractivity contribution is -0.0167. The molecule has 1 saturated carbocycles. The number of aliphatic hydroxyl groups is 1. The molecule has 14 heavy (non-hydrogen) atoms. The Kier molecular flexibility index (Phi) is 2.82. The smallest absolute Gasteiger partial charge is 0.0774 e. The molecule has 0 amide bonds. The molecular formula is C11H22N2O. The maximum absolute atomic E-state index is 10.2. The van der Waals surface area contributed by atoms with Gasteiger partial charge in [0.2, 0.25) is 0 Å². The molecule has 2 rings (SSSR count). The van der Waals surface area contributed by atoms with Gasteiger partial charge in [0.1, 0.15) is 0 Å². The number of hydrogen-bond donors (Lipinski definition) is 2. The average molecular weight is 198 g/mol. The molecule has 1 saturated heterocycles. The van der Waals surface area contributed by atoms with E-state index in [0.29, 0.717) is 12.1 Å². The van der Waals surface area contributed by atoms with Crippen LogP contribution in [0, 0.1) is 0 Å². The molecule has 0 spiro atoms. The van der Waals surface area contributed by atoms with Crippen molar-refractivity contribution in [2.45, 2.75) is 56.7 Å². The van der Waals surface area contributed by atoms with Gasteiger partial charge >= 0.3 is 0 Å². The maximum atomic E-state index is 10.2. The van der Waals surface area contributed by atoms with Crippen molar-refractivity contribution in [1.82, 2.24) is 4.90 Å². The highest BCUT2D eigenvalue weighted by molar-refractivity contribution is 4.99. The molecule has 0 aromatic heterocycles. The van der Waals surface area contributed by atoms with E-state index in [1.165, 1.54) is 12.8 Å². The molecule has 0 bridgehead atoms. The summed E-state index contributed by atoms with van der Waals surface area (Å²) in [4.78, 5) is 2.45. The normalized spacial score (nSPS) is 44.8. The summed E-state index contributed by atoms with van der Waals surface area (Å²) in [6.45, 7) is 3.85. The lowest BCUT2D eigenvalue weighted by atomic mass is 9.98. The first-order valence-corrected chi connectivity index (χ1v) is 5.83. The summed E-state index contributed by atoms with van der Waals surface area (Å²) < 4.78 is 0. The third-order valence-electron chi connectivity index (χ3n) is 3.97. The standard InChI is InChI=1S/C11H22N2O/c1-11(14)6-2-5-10(11)13-7-3-4-9(13)8-12/h9-10,14H,2-8,12H2,1H3. The Morgan fingerprint density at radius 1 is 1.43 bits per heavy atom. The summed E-state index contributed by atoms with van der Waals surface area (Å²) >= 11 is 0. The van der Waals surface area contributed by atoms with Crippen molar-refractivity contribution >= 4 is 0 Å². The third-order valence-corrected chi connectivity index (χ3v) is 3.97. The SMILES string of the molecule is CC1(O)CCCC1N1CCCC1CN. The molecule has 2 aliphatic rings. The number of hydrogen-bond acceptors (Lipinski definition) is 3. The van der Waals surface area contributed by atoms with E-state index in [0.717, 1.165) is 32.4 Å². The lowest BCUT2D eigenvalue weighted by Crippen LogP contribution is -2.51. The van der Waals surface area contributed by atoms with Crippen molar-refractivity contribution in [1.29, 1.82) is 0 Å². The van der Waals surface area contributed by atoms with E-state index >= 15 is 0 Å². The fourth-order valence-corrected chi connectivity index (χ4v) is 3.18. The van der Waals surface area contributed by atoms with E-state index in [9.17, 15) is 5.11 Å². The zero-order chi connectivity index (χ0) is 10.2. The van der Waals surface area contributed by atoms with E-state index < -0.39 is 5.60 Å². The van der Waals surface area contributed by atoms with E-state index in [-0.39, 0.29) is 0 Å². The predicted octanol–water partition coefficient (Wildman–Crippen LogP) is 0.713. The molecule has 3 atom stereocenters. The Hall–Kier alpha value is -0.120. The lowest BCUT2D eigenvalue weighted by Gasteiger charge is -2.37. The van der Waals surface area contributed by atoms with Crippen LogP contribution in [0.3, 0.4) is 0 Å². The minimum Gasteiger partial charge on any atom is -0.389 e. The number of nitrogens with zero attached hydrogens (tertiary/aromatic N) is 1. The summed E-state index contributed by atoms with van der Waals surface area (Å²) in [5, 5.41) is 10.2. The largest absolute Gasteiger partial charge is 0.389 e. The molecule has 3 N–H and O–H groups in total. The fourth-order valence-electron chi connectivity index (χ4n) is 3.18. The Bertz CT molecular complexity index is 205. The molecule has 2 fully saturated rings. The molecule has 0 aromatic carbocycles. The highest BCUT2D eigenvalue weighted by Gasteiger charge is 2.43. The second-order valence-corrected chi connectivity index (χ2v) is 5.03. The van der Waals surface area contributed by atoms with Crippen molar-refractivity contribution in [3.63, 3.8) is 0 Å². The van der Waals surface area contributed by atoms with Gasteiger partial charge in [-0.15, -0.1) is 0 Å². The number of nitrogens with two attached hydrogens (primary N) is 1. The summed E-state index contributed by atoms with van der Waals surface area (Å²) in [5.41, 5.74) is 5.28. The molecule has 3 heteroatoms. The molecule has 3 nitrogen and oxygen atoms in total. The van der Waals surface area contributed by atoms with Gasteiger partial charge in [-0.3, -0.25) is 4.90 Å². The zero-order valence-corrected chi connectivity index (χ0v) is 9.08. The minimum atomic E-state index is -0.474. The van der Waals surface area contributed by atoms with Crippen molar-refractivity contribution in [3.05, 3.63) is 0 Å².